The number of carbonyl (C=O) groups excluding carboxylic acids is 1. The first-order valence-electron chi connectivity index (χ1n) is 20.6. The van der Waals surface area contributed by atoms with Crippen LogP contribution in [0, 0.1) is 53.3 Å². The van der Waals surface area contributed by atoms with Crippen LogP contribution in [0.4, 0.5) is 0 Å². The number of aliphatic hydroxyl groups excluding tert-OH is 1. The van der Waals surface area contributed by atoms with Crippen molar-refractivity contribution in [2.75, 3.05) is 12.7 Å². The van der Waals surface area contributed by atoms with Crippen LogP contribution in [0.25, 0.3) is 0 Å². The van der Waals surface area contributed by atoms with E-state index in [1.165, 1.54) is 25.7 Å². The summed E-state index contributed by atoms with van der Waals surface area (Å²) in [5.74, 6) is 3.85. The lowest BCUT2D eigenvalue weighted by atomic mass is 9.76. The molecule has 19 unspecified atom stereocenters. The largest absolute Gasteiger partial charge is 0.449 e. The topological polar surface area (TPSA) is 104 Å². The smallest absolute Gasteiger partial charge is 0.306 e. The third-order valence-corrected chi connectivity index (χ3v) is 15.4. The minimum Gasteiger partial charge on any atom is -0.449 e. The molecule has 0 aromatic heterocycles. The third-order valence-electron chi connectivity index (χ3n) is 15.3. The Bertz CT molecular complexity index is 1080. The fourth-order valence-corrected chi connectivity index (χ4v) is 12.8. The van der Waals surface area contributed by atoms with Gasteiger partial charge in [-0.25, -0.2) is 0 Å². The SMILES string of the molecule is CCCCCCOC(C)C1C2CC3NC(CC4NC5C(CC(O)C5C4C)C4NC(CC(N2)C1C)C(C)C4CCC(=O)OCCl)C(CC)C3C. The number of esters is 1. The van der Waals surface area contributed by atoms with Crippen molar-refractivity contribution in [1.82, 2.24) is 21.3 Å². The molecule has 282 valence electrons. The van der Waals surface area contributed by atoms with Gasteiger partial charge in [-0.05, 0) is 86.9 Å². The Morgan fingerprint density at radius 3 is 2.14 bits per heavy atom. The quantitative estimate of drug-likeness (QED) is 0.0981. The Balaban J connectivity index is 1.29. The van der Waals surface area contributed by atoms with Crippen LogP contribution in [-0.2, 0) is 14.3 Å². The molecule has 0 amide bonds. The summed E-state index contributed by atoms with van der Waals surface area (Å²) in [6.45, 7) is 17.6. The highest BCUT2D eigenvalue weighted by atomic mass is 35.5. The van der Waals surface area contributed by atoms with Crippen molar-refractivity contribution < 1.29 is 19.4 Å². The van der Waals surface area contributed by atoms with Gasteiger partial charge in [0.2, 0.25) is 0 Å². The summed E-state index contributed by atoms with van der Waals surface area (Å²) >= 11 is 5.76. The second-order valence-electron chi connectivity index (χ2n) is 17.7. The molecule has 8 bridgehead atoms. The Morgan fingerprint density at radius 1 is 0.776 bits per heavy atom. The minimum absolute atomic E-state index is 0.0893. The van der Waals surface area contributed by atoms with Crippen LogP contribution >= 0.6 is 11.6 Å². The maximum absolute atomic E-state index is 12.6. The van der Waals surface area contributed by atoms with E-state index < -0.39 is 0 Å². The molecule has 6 fully saturated rings. The van der Waals surface area contributed by atoms with Crippen molar-refractivity contribution in [2.45, 2.75) is 180 Å². The normalized spacial score (nSPS) is 48.3. The average Bonchev–Trinajstić information content (AvgIpc) is 3.82. The van der Waals surface area contributed by atoms with E-state index in [-0.39, 0.29) is 36.2 Å². The van der Waals surface area contributed by atoms with Gasteiger partial charge in [0.15, 0.2) is 6.07 Å². The number of rotatable bonds is 12. The first-order chi connectivity index (χ1) is 23.6. The van der Waals surface area contributed by atoms with Crippen molar-refractivity contribution in [3.63, 3.8) is 0 Å². The fourth-order valence-electron chi connectivity index (χ4n) is 12.6. The molecule has 8 nitrogen and oxygen atoms in total. The monoisotopic (exact) mass is 707 g/mol. The van der Waals surface area contributed by atoms with E-state index in [0.29, 0.717) is 96.1 Å². The summed E-state index contributed by atoms with van der Waals surface area (Å²) in [6.07, 6.45) is 11.4. The molecule has 6 rings (SSSR count). The van der Waals surface area contributed by atoms with E-state index in [1.807, 2.05) is 0 Å². The van der Waals surface area contributed by atoms with Gasteiger partial charge in [0.25, 0.3) is 0 Å². The van der Waals surface area contributed by atoms with Gasteiger partial charge >= 0.3 is 5.97 Å². The van der Waals surface area contributed by atoms with Gasteiger partial charge in [-0.2, -0.15) is 0 Å². The van der Waals surface area contributed by atoms with Gasteiger partial charge in [0.05, 0.1) is 12.2 Å². The molecular formula is C40H71ClN4O4. The number of hydrogen-bond donors (Lipinski definition) is 5. The molecule has 5 heterocycles. The molecule has 49 heavy (non-hydrogen) atoms. The van der Waals surface area contributed by atoms with E-state index in [4.69, 9.17) is 21.1 Å². The number of fused-ring (bicyclic) bond motifs is 8. The van der Waals surface area contributed by atoms with Crippen molar-refractivity contribution in [3.05, 3.63) is 0 Å². The van der Waals surface area contributed by atoms with Crippen molar-refractivity contribution in [3.8, 4) is 0 Å². The van der Waals surface area contributed by atoms with Gasteiger partial charge in [-0.1, -0.05) is 78.8 Å². The van der Waals surface area contributed by atoms with Crippen LogP contribution < -0.4 is 21.3 Å². The first kappa shape index (κ1) is 38.3. The molecule has 5 saturated heterocycles. The van der Waals surface area contributed by atoms with E-state index in [2.05, 4.69) is 69.7 Å². The summed E-state index contributed by atoms with van der Waals surface area (Å²) < 4.78 is 11.8. The number of halogens is 1. The van der Waals surface area contributed by atoms with Crippen LogP contribution in [0.2, 0.25) is 0 Å². The number of alkyl halides is 1. The molecule has 5 aliphatic heterocycles. The number of nitrogens with one attached hydrogen (secondary N) is 4. The summed E-state index contributed by atoms with van der Waals surface area (Å²) in [7, 11) is 0. The molecule has 0 aromatic rings. The third kappa shape index (κ3) is 7.78. The highest BCUT2D eigenvalue weighted by molar-refractivity contribution is 6.17. The maximum Gasteiger partial charge on any atom is 0.306 e. The van der Waals surface area contributed by atoms with E-state index in [0.717, 1.165) is 45.1 Å². The number of carbonyl (C=O) groups is 1. The van der Waals surface area contributed by atoms with Gasteiger partial charge in [-0.15, -0.1) is 0 Å². The Hall–Kier alpha value is -0.480. The molecule has 5 N–H and O–H groups in total. The predicted octanol–water partition coefficient (Wildman–Crippen LogP) is 5.84. The lowest BCUT2D eigenvalue weighted by Gasteiger charge is -2.32. The van der Waals surface area contributed by atoms with Gasteiger partial charge in [0, 0.05) is 73.2 Å². The van der Waals surface area contributed by atoms with Gasteiger partial charge in [0.1, 0.15) is 0 Å². The van der Waals surface area contributed by atoms with E-state index in [9.17, 15) is 9.90 Å². The van der Waals surface area contributed by atoms with Gasteiger partial charge in [-0.3, -0.25) is 4.79 Å². The van der Waals surface area contributed by atoms with Crippen LogP contribution in [-0.4, -0.2) is 84.3 Å². The summed E-state index contributed by atoms with van der Waals surface area (Å²) in [5.41, 5.74) is 0. The molecule has 9 heteroatoms. The first-order valence-corrected chi connectivity index (χ1v) is 21.2. The number of ether oxygens (including phenoxy) is 2. The zero-order chi connectivity index (χ0) is 35.0. The number of aliphatic hydroxyl groups is 1. The minimum atomic E-state index is -0.286. The van der Waals surface area contributed by atoms with Crippen LogP contribution in [0.5, 0.6) is 0 Å². The maximum atomic E-state index is 12.6. The Morgan fingerprint density at radius 2 is 1.41 bits per heavy atom. The fraction of sp³-hybridized carbons (Fsp3) is 0.975. The molecule has 0 spiro atoms. The Kier molecular flexibility index (Phi) is 13.0. The summed E-state index contributed by atoms with van der Waals surface area (Å²) in [6, 6.07) is 3.01. The predicted molar refractivity (Wildman–Crippen MR) is 197 cm³/mol. The number of unbranched alkanes of at least 4 members (excludes halogenated alkanes) is 3. The van der Waals surface area contributed by atoms with Crippen LogP contribution in [0.3, 0.4) is 0 Å². The van der Waals surface area contributed by atoms with Crippen molar-refractivity contribution >= 4 is 17.6 Å². The second-order valence-corrected chi connectivity index (χ2v) is 17.9. The lowest BCUT2D eigenvalue weighted by molar-refractivity contribution is -0.142. The highest BCUT2D eigenvalue weighted by Gasteiger charge is 2.58. The molecular weight excluding hydrogens is 636 g/mol. The van der Waals surface area contributed by atoms with Crippen molar-refractivity contribution in [2.24, 2.45) is 53.3 Å². The standard InChI is InChI=1S/C40H71ClN4O4/c1-8-10-11-12-15-48-25(7)37-23(5)31-17-30-22(4)27(13-14-36(47)49-20-41)39(44-30)28-16-35(46)38-24(6)32(45-40(28)38)18-33-26(9-2)21(3)29(42-33)19-34(37)43-31/h21-35,37-40,42-46H,8-20H2,1-7H3. The highest BCUT2D eigenvalue weighted by Crippen LogP contribution is 2.50. The molecule has 1 saturated carbocycles. The average molecular weight is 707 g/mol. The summed E-state index contributed by atoms with van der Waals surface area (Å²) in [5, 5.41) is 28.5. The molecule has 0 radical (unpaired) electrons. The molecule has 0 aromatic carbocycles. The number of hydrogen-bond acceptors (Lipinski definition) is 8. The summed E-state index contributed by atoms with van der Waals surface area (Å²) in [4.78, 5) is 12.6. The van der Waals surface area contributed by atoms with Crippen molar-refractivity contribution in [1.29, 1.82) is 0 Å². The molecule has 6 aliphatic rings. The molecule has 1 aliphatic carbocycles. The van der Waals surface area contributed by atoms with E-state index in [1.54, 1.807) is 0 Å². The lowest BCUT2D eigenvalue weighted by Crippen LogP contribution is -2.49. The zero-order valence-corrected chi connectivity index (χ0v) is 32.5. The van der Waals surface area contributed by atoms with Crippen LogP contribution in [0.15, 0.2) is 0 Å². The van der Waals surface area contributed by atoms with Gasteiger partial charge < -0.3 is 35.8 Å². The van der Waals surface area contributed by atoms with E-state index >= 15 is 0 Å². The Labute approximate surface area is 303 Å². The van der Waals surface area contributed by atoms with Crippen LogP contribution in [0.1, 0.15) is 119 Å². The second kappa shape index (κ2) is 16.7. The molecule has 19 atom stereocenters. The zero-order valence-electron chi connectivity index (χ0n) is 31.7.